The molecule has 1 aliphatic rings. The van der Waals surface area contributed by atoms with Crippen molar-refractivity contribution in [3.8, 4) is 0 Å². The van der Waals surface area contributed by atoms with Crippen molar-refractivity contribution in [2.24, 2.45) is 0 Å². The van der Waals surface area contributed by atoms with Crippen molar-refractivity contribution in [2.45, 2.75) is 12.8 Å². The van der Waals surface area contributed by atoms with Crippen molar-refractivity contribution in [3.05, 3.63) is 29.3 Å². The molecule has 6 nitrogen and oxygen atoms in total. The van der Waals surface area contributed by atoms with Gasteiger partial charge in [-0.15, -0.1) is 0 Å². The van der Waals surface area contributed by atoms with Crippen LogP contribution in [0.15, 0.2) is 18.2 Å². The van der Waals surface area contributed by atoms with Gasteiger partial charge in [-0.3, -0.25) is 4.79 Å². The fourth-order valence-electron chi connectivity index (χ4n) is 2.19. The molecule has 1 aromatic rings. The van der Waals surface area contributed by atoms with E-state index in [1.54, 1.807) is 11.0 Å². The van der Waals surface area contributed by atoms with Crippen molar-refractivity contribution in [1.82, 2.24) is 0 Å². The Morgan fingerprint density at radius 2 is 1.75 bits per heavy atom. The maximum absolute atomic E-state index is 11.8. The molecule has 6 heteroatoms. The summed E-state index contributed by atoms with van der Waals surface area (Å²) in [4.78, 5) is 36.7. The minimum atomic E-state index is -0.640. The van der Waals surface area contributed by atoms with E-state index in [4.69, 9.17) is 0 Å². The summed E-state index contributed by atoms with van der Waals surface area (Å²) >= 11 is 0. The fraction of sp³-hybridized carbons (Fsp3) is 0.357. The molecule has 1 amide bonds. The summed E-state index contributed by atoms with van der Waals surface area (Å²) in [5.41, 5.74) is 0.798. The first-order chi connectivity index (χ1) is 9.58. The average Bonchev–Trinajstić information content (AvgIpc) is 2.91. The third kappa shape index (κ3) is 2.49. The second kappa shape index (κ2) is 5.73. The lowest BCUT2D eigenvalue weighted by Crippen LogP contribution is -2.24. The van der Waals surface area contributed by atoms with Gasteiger partial charge in [-0.1, -0.05) is 0 Å². The molecule has 0 atom stereocenters. The Labute approximate surface area is 116 Å². The molecule has 106 valence electrons. The van der Waals surface area contributed by atoms with Crippen LogP contribution in [0.5, 0.6) is 0 Å². The van der Waals surface area contributed by atoms with Gasteiger partial charge in [0.2, 0.25) is 5.91 Å². The number of esters is 2. The highest BCUT2D eigenvalue weighted by molar-refractivity contribution is 6.05. The lowest BCUT2D eigenvalue weighted by molar-refractivity contribution is -0.117. The van der Waals surface area contributed by atoms with Crippen LogP contribution in [0.25, 0.3) is 0 Å². The van der Waals surface area contributed by atoms with Gasteiger partial charge in [-0.25, -0.2) is 9.59 Å². The number of amides is 1. The Kier molecular flexibility index (Phi) is 4.02. The average molecular weight is 277 g/mol. The van der Waals surface area contributed by atoms with E-state index in [0.717, 1.165) is 6.42 Å². The predicted octanol–water partition coefficient (Wildman–Crippen LogP) is 1.39. The molecule has 1 fully saturated rings. The predicted molar refractivity (Wildman–Crippen MR) is 70.7 cm³/mol. The van der Waals surface area contributed by atoms with E-state index >= 15 is 0 Å². The number of methoxy groups -OCH3 is 2. The van der Waals surface area contributed by atoms with Crippen LogP contribution in [0.3, 0.4) is 0 Å². The summed E-state index contributed by atoms with van der Waals surface area (Å²) in [6.45, 7) is 0.608. The van der Waals surface area contributed by atoms with E-state index in [9.17, 15) is 14.4 Å². The second-order valence-corrected chi connectivity index (χ2v) is 4.36. The number of carbonyl (C=O) groups excluding carboxylic acids is 3. The lowest BCUT2D eigenvalue weighted by atomic mass is 10.1. The highest BCUT2D eigenvalue weighted by Crippen LogP contribution is 2.25. The Balaban J connectivity index is 2.45. The summed E-state index contributed by atoms with van der Waals surface area (Å²) in [5, 5.41) is 0. The molecule has 0 aliphatic carbocycles. The number of benzene rings is 1. The highest BCUT2D eigenvalue weighted by atomic mass is 16.5. The van der Waals surface area contributed by atoms with Crippen molar-refractivity contribution in [1.29, 1.82) is 0 Å². The Morgan fingerprint density at radius 1 is 1.10 bits per heavy atom. The standard InChI is InChI=1S/C14H15NO5/c1-19-13(17)10-6-5-9(8-11(10)14(18)20-2)15-7-3-4-12(15)16/h5-6,8H,3-4,7H2,1-2H3. The van der Waals surface area contributed by atoms with Gasteiger partial charge in [0.1, 0.15) is 0 Å². The zero-order valence-corrected chi connectivity index (χ0v) is 11.3. The Bertz CT molecular complexity index is 567. The molecular weight excluding hydrogens is 262 g/mol. The van der Waals surface area contributed by atoms with Crippen LogP contribution in [0.2, 0.25) is 0 Å². The third-order valence-corrected chi connectivity index (χ3v) is 3.20. The number of carbonyl (C=O) groups is 3. The topological polar surface area (TPSA) is 72.9 Å². The van der Waals surface area contributed by atoms with Crippen LogP contribution in [0.1, 0.15) is 33.6 Å². The van der Waals surface area contributed by atoms with E-state index in [1.807, 2.05) is 0 Å². The highest BCUT2D eigenvalue weighted by Gasteiger charge is 2.25. The summed E-state index contributed by atoms with van der Waals surface area (Å²) in [6.07, 6.45) is 1.28. The normalized spacial score (nSPS) is 14.3. The van der Waals surface area contributed by atoms with Crippen molar-refractivity contribution >= 4 is 23.5 Å². The van der Waals surface area contributed by atoms with E-state index in [1.165, 1.54) is 26.4 Å². The van der Waals surface area contributed by atoms with E-state index in [2.05, 4.69) is 9.47 Å². The van der Waals surface area contributed by atoms with Gasteiger partial charge in [-0.05, 0) is 24.6 Å². The van der Waals surface area contributed by atoms with Crippen LogP contribution in [0.4, 0.5) is 5.69 Å². The number of ether oxygens (including phenoxy) is 2. The molecule has 0 spiro atoms. The van der Waals surface area contributed by atoms with Gasteiger partial charge in [0, 0.05) is 18.7 Å². The first-order valence-corrected chi connectivity index (χ1v) is 6.19. The SMILES string of the molecule is COC(=O)c1ccc(N2CCCC2=O)cc1C(=O)OC. The molecule has 1 aromatic carbocycles. The molecule has 1 heterocycles. The van der Waals surface area contributed by atoms with Gasteiger partial charge in [0.25, 0.3) is 0 Å². The van der Waals surface area contributed by atoms with Crippen LogP contribution in [0, 0.1) is 0 Å². The van der Waals surface area contributed by atoms with Gasteiger partial charge >= 0.3 is 11.9 Å². The van der Waals surface area contributed by atoms with Crippen molar-refractivity contribution in [3.63, 3.8) is 0 Å². The summed E-state index contributed by atoms with van der Waals surface area (Å²) in [6, 6.07) is 4.59. The maximum Gasteiger partial charge on any atom is 0.338 e. The summed E-state index contributed by atoms with van der Waals surface area (Å²) in [7, 11) is 2.47. The van der Waals surface area contributed by atoms with Gasteiger partial charge < -0.3 is 14.4 Å². The van der Waals surface area contributed by atoms with E-state index in [0.29, 0.717) is 18.7 Å². The first kappa shape index (κ1) is 14.0. The van der Waals surface area contributed by atoms with Gasteiger partial charge in [0.05, 0.1) is 25.3 Å². The smallest absolute Gasteiger partial charge is 0.338 e. The van der Waals surface area contributed by atoms with Crippen LogP contribution in [-0.4, -0.2) is 38.6 Å². The molecule has 0 aromatic heterocycles. The molecule has 2 rings (SSSR count). The van der Waals surface area contributed by atoms with E-state index < -0.39 is 11.9 Å². The number of hydrogen-bond acceptors (Lipinski definition) is 5. The second-order valence-electron chi connectivity index (χ2n) is 4.36. The molecule has 1 saturated heterocycles. The molecule has 0 N–H and O–H groups in total. The monoisotopic (exact) mass is 277 g/mol. The van der Waals surface area contributed by atoms with Crippen LogP contribution >= 0.6 is 0 Å². The quantitative estimate of drug-likeness (QED) is 0.780. The number of hydrogen-bond donors (Lipinski definition) is 0. The van der Waals surface area contributed by atoms with E-state index in [-0.39, 0.29) is 17.0 Å². The Hall–Kier alpha value is -2.37. The third-order valence-electron chi connectivity index (χ3n) is 3.20. The molecule has 0 radical (unpaired) electrons. The number of rotatable bonds is 3. The molecule has 1 aliphatic heterocycles. The Morgan fingerprint density at radius 3 is 2.30 bits per heavy atom. The minimum absolute atomic E-state index is 0.00614. The van der Waals surface area contributed by atoms with Crippen LogP contribution in [-0.2, 0) is 14.3 Å². The molecule has 0 saturated carbocycles. The molecular formula is C14H15NO5. The van der Waals surface area contributed by atoms with Gasteiger partial charge in [-0.2, -0.15) is 0 Å². The zero-order chi connectivity index (χ0) is 14.7. The van der Waals surface area contributed by atoms with Crippen molar-refractivity contribution < 1.29 is 23.9 Å². The number of nitrogens with zero attached hydrogens (tertiary/aromatic N) is 1. The fourth-order valence-corrected chi connectivity index (χ4v) is 2.19. The minimum Gasteiger partial charge on any atom is -0.465 e. The lowest BCUT2D eigenvalue weighted by Gasteiger charge is -2.17. The summed E-state index contributed by atoms with van der Waals surface area (Å²) in [5.74, 6) is -1.25. The summed E-state index contributed by atoms with van der Waals surface area (Å²) < 4.78 is 9.30. The maximum atomic E-state index is 11.8. The molecule has 0 bridgehead atoms. The number of anilines is 1. The van der Waals surface area contributed by atoms with Crippen molar-refractivity contribution in [2.75, 3.05) is 25.7 Å². The first-order valence-electron chi connectivity index (χ1n) is 6.19. The zero-order valence-electron chi connectivity index (χ0n) is 11.3. The molecule has 0 unspecified atom stereocenters. The van der Waals surface area contributed by atoms with Gasteiger partial charge in [0.15, 0.2) is 0 Å². The van der Waals surface area contributed by atoms with Crippen LogP contribution < -0.4 is 4.90 Å². The largest absolute Gasteiger partial charge is 0.465 e. The molecule has 20 heavy (non-hydrogen) atoms.